The number of hydrogen-bond donors (Lipinski definition) is 3. The molecule has 1 unspecified atom stereocenters. The van der Waals surface area contributed by atoms with Gasteiger partial charge in [-0.3, -0.25) is 9.59 Å². The van der Waals surface area contributed by atoms with Gasteiger partial charge in [-0.1, -0.05) is 6.07 Å². The molecule has 0 bridgehead atoms. The SMILES string of the molecule is Cc1ccc(F)cc1NC(=O)C(=O)NCC(C)(O)c1ccsc1. The lowest BCUT2D eigenvalue weighted by molar-refractivity contribution is -0.136. The van der Waals surface area contributed by atoms with E-state index in [2.05, 4.69) is 10.6 Å². The molecule has 2 amide bonds. The second-order valence-corrected chi connectivity index (χ2v) is 6.16. The van der Waals surface area contributed by atoms with Gasteiger partial charge in [-0.25, -0.2) is 4.39 Å². The van der Waals surface area contributed by atoms with Gasteiger partial charge in [-0.05, 0) is 53.9 Å². The summed E-state index contributed by atoms with van der Waals surface area (Å²) in [6.45, 7) is 3.12. The number of anilines is 1. The highest BCUT2D eigenvalue weighted by atomic mass is 32.1. The number of carbonyl (C=O) groups is 2. The molecule has 0 radical (unpaired) electrons. The lowest BCUT2D eigenvalue weighted by Gasteiger charge is -2.22. The molecule has 0 aliphatic rings. The van der Waals surface area contributed by atoms with Crippen LogP contribution in [-0.2, 0) is 15.2 Å². The van der Waals surface area contributed by atoms with Crippen molar-refractivity contribution < 1.29 is 19.1 Å². The molecule has 0 fully saturated rings. The Bertz CT molecular complexity index is 714. The Hall–Kier alpha value is -2.25. The maximum Gasteiger partial charge on any atom is 0.313 e. The van der Waals surface area contributed by atoms with E-state index in [1.54, 1.807) is 25.3 Å². The lowest BCUT2D eigenvalue weighted by Crippen LogP contribution is -2.43. The van der Waals surface area contributed by atoms with Crippen LogP contribution in [-0.4, -0.2) is 23.5 Å². The molecule has 2 aromatic rings. The van der Waals surface area contributed by atoms with E-state index < -0.39 is 23.2 Å². The third-order valence-corrected chi connectivity index (χ3v) is 4.07. The van der Waals surface area contributed by atoms with Crippen LogP contribution in [0.1, 0.15) is 18.1 Å². The summed E-state index contributed by atoms with van der Waals surface area (Å²) >= 11 is 1.42. The second-order valence-electron chi connectivity index (χ2n) is 5.38. The van der Waals surface area contributed by atoms with E-state index in [0.717, 1.165) is 6.07 Å². The summed E-state index contributed by atoms with van der Waals surface area (Å²) in [5.74, 6) is -2.32. The molecule has 2 rings (SSSR count). The minimum atomic E-state index is -1.27. The maximum atomic E-state index is 13.2. The van der Waals surface area contributed by atoms with E-state index in [9.17, 15) is 19.1 Å². The highest BCUT2D eigenvalue weighted by Crippen LogP contribution is 2.22. The fourth-order valence-electron chi connectivity index (χ4n) is 1.91. The molecular weight excluding hydrogens is 319 g/mol. The normalized spacial score (nSPS) is 13.2. The van der Waals surface area contributed by atoms with Crippen molar-refractivity contribution in [1.82, 2.24) is 5.32 Å². The molecule has 0 saturated heterocycles. The molecule has 7 heteroatoms. The first-order valence-corrected chi connectivity index (χ1v) is 7.84. The zero-order valence-electron chi connectivity index (χ0n) is 12.7. The summed E-state index contributed by atoms with van der Waals surface area (Å²) in [5, 5.41) is 18.6. The third-order valence-electron chi connectivity index (χ3n) is 3.39. The van der Waals surface area contributed by atoms with Crippen LogP contribution in [0.3, 0.4) is 0 Å². The van der Waals surface area contributed by atoms with Crippen molar-refractivity contribution in [2.75, 3.05) is 11.9 Å². The fourth-order valence-corrected chi connectivity index (χ4v) is 2.70. The van der Waals surface area contributed by atoms with E-state index in [0.29, 0.717) is 11.1 Å². The zero-order chi connectivity index (χ0) is 17.0. The molecule has 5 nitrogen and oxygen atoms in total. The Morgan fingerprint density at radius 3 is 2.70 bits per heavy atom. The van der Waals surface area contributed by atoms with Crippen molar-refractivity contribution in [3.05, 3.63) is 52.0 Å². The molecule has 0 spiro atoms. The third kappa shape index (κ3) is 4.37. The maximum absolute atomic E-state index is 13.2. The highest BCUT2D eigenvalue weighted by Gasteiger charge is 2.26. The number of aryl methyl sites for hydroxylation is 1. The monoisotopic (exact) mass is 336 g/mol. The van der Waals surface area contributed by atoms with Gasteiger partial charge < -0.3 is 15.7 Å². The van der Waals surface area contributed by atoms with Gasteiger partial charge in [0.2, 0.25) is 0 Å². The van der Waals surface area contributed by atoms with Crippen molar-refractivity contribution in [3.8, 4) is 0 Å². The first-order chi connectivity index (χ1) is 10.8. The van der Waals surface area contributed by atoms with Crippen LogP contribution in [0.25, 0.3) is 0 Å². The number of carbonyl (C=O) groups excluding carboxylic acids is 2. The van der Waals surface area contributed by atoms with Gasteiger partial charge in [0.25, 0.3) is 0 Å². The summed E-state index contributed by atoms with van der Waals surface area (Å²) in [7, 11) is 0. The zero-order valence-corrected chi connectivity index (χ0v) is 13.5. The van der Waals surface area contributed by atoms with Gasteiger partial charge in [0.15, 0.2) is 0 Å². The number of halogens is 1. The summed E-state index contributed by atoms with van der Waals surface area (Å²) in [4.78, 5) is 23.7. The smallest absolute Gasteiger partial charge is 0.313 e. The van der Waals surface area contributed by atoms with E-state index >= 15 is 0 Å². The average molecular weight is 336 g/mol. The molecule has 0 aliphatic heterocycles. The topological polar surface area (TPSA) is 78.4 Å². The molecule has 122 valence electrons. The fraction of sp³-hybridized carbons (Fsp3) is 0.250. The van der Waals surface area contributed by atoms with E-state index in [4.69, 9.17) is 0 Å². The summed E-state index contributed by atoms with van der Waals surface area (Å²) < 4.78 is 13.2. The van der Waals surface area contributed by atoms with Crippen molar-refractivity contribution in [1.29, 1.82) is 0 Å². The number of aliphatic hydroxyl groups is 1. The van der Waals surface area contributed by atoms with Gasteiger partial charge in [-0.2, -0.15) is 11.3 Å². The first-order valence-electron chi connectivity index (χ1n) is 6.90. The number of hydrogen-bond acceptors (Lipinski definition) is 4. The molecule has 1 atom stereocenters. The molecule has 1 aromatic heterocycles. The molecule has 3 N–H and O–H groups in total. The minimum absolute atomic E-state index is 0.113. The van der Waals surface area contributed by atoms with Crippen LogP contribution in [0.4, 0.5) is 10.1 Å². The lowest BCUT2D eigenvalue weighted by atomic mass is 9.99. The molecule has 1 heterocycles. The Balaban J connectivity index is 1.95. The molecular formula is C16H17FN2O3S. The predicted octanol–water partition coefficient (Wildman–Crippen LogP) is 2.16. The Kier molecular flexibility index (Phi) is 5.12. The first kappa shape index (κ1) is 17.1. The molecule has 1 aromatic carbocycles. The highest BCUT2D eigenvalue weighted by molar-refractivity contribution is 7.08. The second kappa shape index (κ2) is 6.89. The van der Waals surface area contributed by atoms with E-state index in [1.165, 1.54) is 23.5 Å². The molecule has 23 heavy (non-hydrogen) atoms. The van der Waals surface area contributed by atoms with Crippen molar-refractivity contribution >= 4 is 28.8 Å². The van der Waals surface area contributed by atoms with Crippen LogP contribution < -0.4 is 10.6 Å². The summed E-state index contributed by atoms with van der Waals surface area (Å²) in [6, 6.07) is 5.66. The molecule has 0 saturated carbocycles. The summed E-state index contributed by atoms with van der Waals surface area (Å²) in [6.07, 6.45) is 0. The van der Waals surface area contributed by atoms with Gasteiger partial charge in [0, 0.05) is 5.69 Å². The van der Waals surface area contributed by atoms with Crippen LogP contribution in [0, 0.1) is 12.7 Å². The Labute approximate surface area is 137 Å². The summed E-state index contributed by atoms with van der Waals surface area (Å²) in [5.41, 5.74) is 0.252. The number of nitrogens with one attached hydrogen (secondary N) is 2. The van der Waals surface area contributed by atoms with E-state index in [-0.39, 0.29) is 12.2 Å². The van der Waals surface area contributed by atoms with Crippen molar-refractivity contribution in [2.45, 2.75) is 19.4 Å². The number of benzene rings is 1. The van der Waals surface area contributed by atoms with Gasteiger partial charge in [-0.15, -0.1) is 0 Å². The molecule has 0 aliphatic carbocycles. The standard InChI is InChI=1S/C16H17FN2O3S/c1-10-3-4-12(17)7-13(10)19-15(21)14(20)18-9-16(2,22)11-5-6-23-8-11/h3-8,22H,9H2,1-2H3,(H,18,20)(H,19,21). The predicted molar refractivity (Wildman–Crippen MR) is 86.7 cm³/mol. The van der Waals surface area contributed by atoms with Crippen LogP contribution >= 0.6 is 11.3 Å². The van der Waals surface area contributed by atoms with E-state index in [1.807, 2.05) is 5.38 Å². The Morgan fingerprint density at radius 2 is 2.04 bits per heavy atom. The minimum Gasteiger partial charge on any atom is -0.384 e. The van der Waals surface area contributed by atoms with Crippen molar-refractivity contribution in [2.24, 2.45) is 0 Å². The van der Waals surface area contributed by atoms with Gasteiger partial charge >= 0.3 is 11.8 Å². The number of rotatable bonds is 4. The number of thiophene rings is 1. The average Bonchev–Trinajstić information content (AvgIpc) is 3.03. The van der Waals surface area contributed by atoms with Crippen LogP contribution in [0.5, 0.6) is 0 Å². The number of amides is 2. The quantitative estimate of drug-likeness (QED) is 0.749. The Morgan fingerprint density at radius 1 is 1.30 bits per heavy atom. The largest absolute Gasteiger partial charge is 0.384 e. The van der Waals surface area contributed by atoms with Gasteiger partial charge in [0.05, 0.1) is 6.54 Å². The van der Waals surface area contributed by atoms with Gasteiger partial charge in [0.1, 0.15) is 11.4 Å². The van der Waals surface area contributed by atoms with Crippen molar-refractivity contribution in [3.63, 3.8) is 0 Å². The van der Waals surface area contributed by atoms with Crippen LogP contribution in [0.2, 0.25) is 0 Å². The van der Waals surface area contributed by atoms with Crippen LogP contribution in [0.15, 0.2) is 35.0 Å².